The first-order valence-electron chi connectivity index (χ1n) is 5.74. The molecule has 0 saturated carbocycles. The van der Waals surface area contributed by atoms with Crippen LogP contribution in [0.2, 0.25) is 0 Å². The maximum atomic E-state index is 3.70. The van der Waals surface area contributed by atoms with E-state index >= 15 is 0 Å². The van der Waals surface area contributed by atoms with Crippen LogP contribution in [0.25, 0.3) is 0 Å². The second-order valence-electron chi connectivity index (χ2n) is 4.55. The molecule has 0 aliphatic rings. The lowest BCUT2D eigenvalue weighted by Gasteiger charge is -2.18. The summed E-state index contributed by atoms with van der Waals surface area (Å²) in [6.45, 7) is 8.87. The molecule has 1 heteroatoms. The molecule has 0 aliphatic carbocycles. The van der Waals surface area contributed by atoms with Gasteiger partial charge in [-0.15, -0.1) is 0 Å². The number of hydrogen-bond acceptors (Lipinski definition) is 0. The molecule has 0 aliphatic heterocycles. The summed E-state index contributed by atoms with van der Waals surface area (Å²) in [6.07, 6.45) is 2.42. The lowest BCUT2D eigenvalue weighted by atomic mass is 9.93. The molecule has 0 bridgehead atoms. The molecule has 0 aromatic heterocycles. The highest BCUT2D eigenvalue weighted by Crippen LogP contribution is 2.22. The molecule has 0 fully saturated rings. The Kier molecular flexibility index (Phi) is 4.85. The van der Waals surface area contributed by atoms with E-state index in [2.05, 4.69) is 61.8 Å². The van der Waals surface area contributed by atoms with Crippen LogP contribution < -0.4 is 0 Å². The quantitative estimate of drug-likeness (QED) is 0.697. The zero-order valence-corrected chi connectivity index (χ0v) is 11.8. The van der Waals surface area contributed by atoms with Crippen molar-refractivity contribution in [2.24, 2.45) is 5.92 Å². The van der Waals surface area contributed by atoms with Gasteiger partial charge in [0.15, 0.2) is 0 Å². The molecule has 2 atom stereocenters. The van der Waals surface area contributed by atoms with Crippen molar-refractivity contribution in [2.75, 3.05) is 0 Å². The Labute approximate surface area is 102 Å². The predicted octanol–water partition coefficient (Wildman–Crippen LogP) is 4.66. The van der Waals surface area contributed by atoms with Crippen molar-refractivity contribution in [3.05, 3.63) is 34.9 Å². The number of halogens is 1. The summed E-state index contributed by atoms with van der Waals surface area (Å²) in [4.78, 5) is 0.600. The van der Waals surface area contributed by atoms with Crippen LogP contribution in [-0.4, -0.2) is 4.83 Å². The SMILES string of the molecule is CCC(Cc1cc(C)cc(C)c1)C(C)Br. The van der Waals surface area contributed by atoms with Crippen LogP contribution in [0.4, 0.5) is 0 Å². The van der Waals surface area contributed by atoms with Gasteiger partial charge in [-0.3, -0.25) is 0 Å². The van der Waals surface area contributed by atoms with E-state index in [1.807, 2.05) is 0 Å². The van der Waals surface area contributed by atoms with Crippen molar-refractivity contribution in [3.63, 3.8) is 0 Å². The highest BCUT2D eigenvalue weighted by Gasteiger charge is 2.13. The molecule has 1 aromatic rings. The fraction of sp³-hybridized carbons (Fsp3) is 0.571. The van der Waals surface area contributed by atoms with Crippen LogP contribution in [0.15, 0.2) is 18.2 Å². The highest BCUT2D eigenvalue weighted by atomic mass is 79.9. The average Bonchev–Trinajstić information content (AvgIpc) is 2.12. The third-order valence-electron chi connectivity index (χ3n) is 2.95. The van der Waals surface area contributed by atoms with Crippen molar-refractivity contribution in [1.29, 1.82) is 0 Å². The topological polar surface area (TPSA) is 0 Å². The van der Waals surface area contributed by atoms with Gasteiger partial charge in [0.1, 0.15) is 0 Å². The summed E-state index contributed by atoms with van der Waals surface area (Å²) in [7, 11) is 0. The van der Waals surface area contributed by atoms with Crippen molar-refractivity contribution in [3.8, 4) is 0 Å². The molecule has 2 unspecified atom stereocenters. The van der Waals surface area contributed by atoms with Gasteiger partial charge < -0.3 is 0 Å². The molecule has 0 nitrogen and oxygen atoms in total. The van der Waals surface area contributed by atoms with E-state index in [1.165, 1.54) is 29.5 Å². The number of rotatable bonds is 4. The fourth-order valence-corrected chi connectivity index (χ4v) is 2.68. The minimum atomic E-state index is 0.600. The van der Waals surface area contributed by atoms with Crippen LogP contribution in [-0.2, 0) is 6.42 Å². The monoisotopic (exact) mass is 268 g/mol. The summed E-state index contributed by atoms with van der Waals surface area (Å²) >= 11 is 3.70. The van der Waals surface area contributed by atoms with Crippen molar-refractivity contribution < 1.29 is 0 Å². The van der Waals surface area contributed by atoms with E-state index in [9.17, 15) is 0 Å². The first kappa shape index (κ1) is 12.8. The van der Waals surface area contributed by atoms with Crippen molar-refractivity contribution in [1.82, 2.24) is 0 Å². The zero-order valence-electron chi connectivity index (χ0n) is 10.2. The molecule has 0 radical (unpaired) electrons. The van der Waals surface area contributed by atoms with Gasteiger partial charge in [0.25, 0.3) is 0 Å². The van der Waals surface area contributed by atoms with E-state index in [0.717, 1.165) is 5.92 Å². The summed E-state index contributed by atoms with van der Waals surface area (Å²) in [6, 6.07) is 6.86. The van der Waals surface area contributed by atoms with Gasteiger partial charge in [0.05, 0.1) is 0 Å². The maximum Gasteiger partial charge on any atom is 0.0148 e. The molecule has 84 valence electrons. The van der Waals surface area contributed by atoms with E-state index in [1.54, 1.807) is 0 Å². The molecule has 0 amide bonds. The Morgan fingerprint density at radius 1 is 1.13 bits per heavy atom. The molecular formula is C14H21Br. The van der Waals surface area contributed by atoms with Crippen molar-refractivity contribution >= 4 is 15.9 Å². The smallest absolute Gasteiger partial charge is 0.0148 e. The summed E-state index contributed by atoms with van der Waals surface area (Å²) in [5, 5.41) is 0. The second kappa shape index (κ2) is 5.69. The predicted molar refractivity (Wildman–Crippen MR) is 71.8 cm³/mol. The molecule has 0 saturated heterocycles. The minimum Gasteiger partial charge on any atom is -0.0891 e. The summed E-state index contributed by atoms with van der Waals surface area (Å²) in [5.74, 6) is 0.742. The number of aryl methyl sites for hydroxylation is 2. The van der Waals surface area contributed by atoms with Crippen LogP contribution in [0.3, 0.4) is 0 Å². The van der Waals surface area contributed by atoms with Crippen LogP contribution in [0.5, 0.6) is 0 Å². The largest absolute Gasteiger partial charge is 0.0891 e. The Morgan fingerprint density at radius 3 is 2.07 bits per heavy atom. The second-order valence-corrected chi connectivity index (χ2v) is 5.99. The lowest BCUT2D eigenvalue weighted by molar-refractivity contribution is 0.508. The third-order valence-corrected chi connectivity index (χ3v) is 3.70. The van der Waals surface area contributed by atoms with E-state index in [-0.39, 0.29) is 0 Å². The van der Waals surface area contributed by atoms with E-state index in [0.29, 0.717) is 4.83 Å². The standard InChI is InChI=1S/C14H21Br/c1-5-14(12(4)15)9-13-7-10(2)6-11(3)8-13/h6-8,12,14H,5,9H2,1-4H3. The number of benzene rings is 1. The molecule has 1 aromatic carbocycles. The van der Waals surface area contributed by atoms with Gasteiger partial charge in [-0.05, 0) is 31.7 Å². The zero-order chi connectivity index (χ0) is 11.4. The molecule has 0 N–H and O–H groups in total. The molecule has 0 heterocycles. The highest BCUT2D eigenvalue weighted by molar-refractivity contribution is 9.09. The van der Waals surface area contributed by atoms with Gasteiger partial charge >= 0.3 is 0 Å². The summed E-state index contributed by atoms with van der Waals surface area (Å²) < 4.78 is 0. The first-order chi connectivity index (χ1) is 7.02. The third kappa shape index (κ3) is 3.98. The van der Waals surface area contributed by atoms with Crippen LogP contribution in [0.1, 0.15) is 37.0 Å². The van der Waals surface area contributed by atoms with E-state index in [4.69, 9.17) is 0 Å². The molecule has 1 rings (SSSR count). The Hall–Kier alpha value is -0.300. The Balaban J connectivity index is 2.79. The van der Waals surface area contributed by atoms with Gasteiger partial charge in [-0.1, -0.05) is 65.5 Å². The van der Waals surface area contributed by atoms with E-state index < -0.39 is 0 Å². The van der Waals surface area contributed by atoms with Gasteiger partial charge in [-0.25, -0.2) is 0 Å². The first-order valence-corrected chi connectivity index (χ1v) is 6.65. The maximum absolute atomic E-state index is 3.70. The van der Waals surface area contributed by atoms with Crippen LogP contribution >= 0.6 is 15.9 Å². The van der Waals surface area contributed by atoms with Gasteiger partial charge in [-0.2, -0.15) is 0 Å². The molecule has 0 spiro atoms. The van der Waals surface area contributed by atoms with Crippen molar-refractivity contribution in [2.45, 2.75) is 45.4 Å². The van der Waals surface area contributed by atoms with Gasteiger partial charge in [0.2, 0.25) is 0 Å². The fourth-order valence-electron chi connectivity index (χ4n) is 2.12. The Bertz CT molecular complexity index is 295. The number of hydrogen-bond donors (Lipinski definition) is 0. The molecule has 15 heavy (non-hydrogen) atoms. The Morgan fingerprint density at radius 2 is 1.67 bits per heavy atom. The summed E-state index contributed by atoms with van der Waals surface area (Å²) in [5.41, 5.74) is 4.23. The minimum absolute atomic E-state index is 0.600. The number of alkyl halides is 1. The normalized spacial score (nSPS) is 15.0. The lowest BCUT2D eigenvalue weighted by Crippen LogP contribution is -2.13. The average molecular weight is 269 g/mol. The van der Waals surface area contributed by atoms with Gasteiger partial charge in [0, 0.05) is 4.83 Å². The molecular weight excluding hydrogens is 248 g/mol. The van der Waals surface area contributed by atoms with Crippen LogP contribution in [0, 0.1) is 19.8 Å².